The molecule has 1 fully saturated rings. The van der Waals surface area contributed by atoms with Gasteiger partial charge in [-0.3, -0.25) is 4.79 Å². The van der Waals surface area contributed by atoms with Crippen molar-refractivity contribution in [2.24, 2.45) is 5.73 Å². The van der Waals surface area contributed by atoms with Crippen molar-refractivity contribution in [2.45, 2.75) is 57.1 Å². The number of nitrogens with two attached hydrogens (primary N) is 1. The fourth-order valence-corrected chi connectivity index (χ4v) is 5.18. The van der Waals surface area contributed by atoms with E-state index in [0.29, 0.717) is 12.5 Å². The SMILES string of the molecule is CC1CN(C(=O)[C@@H](N)c2ccccc2)c2ccc(-c3ccc(C4CCCCC4)cc3)cc2O1. The first-order valence-corrected chi connectivity index (χ1v) is 12.1. The van der Waals surface area contributed by atoms with Gasteiger partial charge in [-0.1, -0.05) is 79.9 Å². The number of hydrogen-bond donors (Lipinski definition) is 1. The van der Waals surface area contributed by atoms with Crippen molar-refractivity contribution in [1.82, 2.24) is 0 Å². The van der Waals surface area contributed by atoms with Crippen LogP contribution in [0.25, 0.3) is 11.1 Å². The lowest BCUT2D eigenvalue weighted by Crippen LogP contribution is -2.46. The maximum atomic E-state index is 13.3. The fourth-order valence-electron chi connectivity index (χ4n) is 5.18. The van der Waals surface area contributed by atoms with Crippen molar-refractivity contribution in [2.75, 3.05) is 11.4 Å². The third-order valence-corrected chi connectivity index (χ3v) is 7.03. The Kier molecular flexibility index (Phi) is 6.19. The Bertz CT molecular complexity index is 1100. The predicted molar refractivity (Wildman–Crippen MR) is 134 cm³/mol. The van der Waals surface area contributed by atoms with Crippen LogP contribution in [0.5, 0.6) is 5.75 Å². The molecular formula is C29H32N2O2. The van der Waals surface area contributed by atoms with Crippen LogP contribution in [0.4, 0.5) is 5.69 Å². The number of hydrogen-bond acceptors (Lipinski definition) is 3. The lowest BCUT2D eigenvalue weighted by Gasteiger charge is -2.35. The van der Waals surface area contributed by atoms with Crippen molar-refractivity contribution >= 4 is 11.6 Å². The lowest BCUT2D eigenvalue weighted by molar-refractivity contribution is -0.120. The minimum Gasteiger partial charge on any atom is -0.487 e. The van der Waals surface area contributed by atoms with Crippen LogP contribution in [0.2, 0.25) is 0 Å². The summed E-state index contributed by atoms with van der Waals surface area (Å²) in [5.74, 6) is 1.33. The molecule has 4 nitrogen and oxygen atoms in total. The Morgan fingerprint density at radius 3 is 2.36 bits per heavy atom. The number of fused-ring (bicyclic) bond motifs is 1. The van der Waals surface area contributed by atoms with E-state index in [1.165, 1.54) is 37.7 Å². The van der Waals surface area contributed by atoms with Gasteiger partial charge < -0.3 is 15.4 Å². The van der Waals surface area contributed by atoms with Gasteiger partial charge in [-0.25, -0.2) is 0 Å². The fraction of sp³-hybridized carbons (Fsp3) is 0.345. The largest absolute Gasteiger partial charge is 0.487 e. The Hall–Kier alpha value is -3.11. The van der Waals surface area contributed by atoms with Crippen LogP contribution < -0.4 is 15.4 Å². The summed E-state index contributed by atoms with van der Waals surface area (Å²) >= 11 is 0. The molecule has 2 N–H and O–H groups in total. The normalized spacial score (nSPS) is 19.5. The molecule has 1 heterocycles. The topological polar surface area (TPSA) is 55.6 Å². The molecule has 33 heavy (non-hydrogen) atoms. The highest BCUT2D eigenvalue weighted by Crippen LogP contribution is 2.39. The van der Waals surface area contributed by atoms with Crippen molar-refractivity contribution in [3.63, 3.8) is 0 Å². The van der Waals surface area contributed by atoms with E-state index in [-0.39, 0.29) is 12.0 Å². The van der Waals surface area contributed by atoms with Gasteiger partial charge in [0.05, 0.1) is 12.2 Å². The molecule has 0 saturated heterocycles. The van der Waals surface area contributed by atoms with Crippen molar-refractivity contribution in [3.8, 4) is 16.9 Å². The van der Waals surface area contributed by atoms with E-state index in [9.17, 15) is 4.79 Å². The molecule has 0 bridgehead atoms. The molecule has 2 atom stereocenters. The predicted octanol–water partition coefficient (Wildman–Crippen LogP) is 6.22. The van der Waals surface area contributed by atoms with Gasteiger partial charge in [-0.2, -0.15) is 0 Å². The highest BCUT2D eigenvalue weighted by Gasteiger charge is 2.31. The number of carbonyl (C=O) groups excluding carboxylic acids is 1. The first-order chi connectivity index (χ1) is 16.1. The quantitative estimate of drug-likeness (QED) is 0.524. The number of anilines is 1. The van der Waals surface area contributed by atoms with E-state index < -0.39 is 6.04 Å². The van der Waals surface area contributed by atoms with Gasteiger partial charge in [0.15, 0.2) is 0 Å². The summed E-state index contributed by atoms with van der Waals surface area (Å²) in [5.41, 5.74) is 11.7. The summed E-state index contributed by atoms with van der Waals surface area (Å²) in [5, 5.41) is 0. The van der Waals surface area contributed by atoms with Crippen LogP contribution in [0.1, 0.15) is 62.1 Å². The van der Waals surface area contributed by atoms with Crippen LogP contribution in [0, 0.1) is 0 Å². The van der Waals surface area contributed by atoms with Gasteiger partial charge in [0.1, 0.15) is 17.9 Å². The lowest BCUT2D eigenvalue weighted by atomic mass is 9.83. The second-order valence-corrected chi connectivity index (χ2v) is 9.41. The molecule has 1 saturated carbocycles. The molecule has 3 aromatic rings. The summed E-state index contributed by atoms with van der Waals surface area (Å²) in [7, 11) is 0. The van der Waals surface area contributed by atoms with Crippen LogP contribution in [-0.4, -0.2) is 18.6 Å². The standard InChI is InChI=1S/C29H32N2O2/c1-20-19-31(29(32)28(30)24-10-6-3-7-11-24)26-17-16-25(18-27(26)33-20)23-14-12-22(13-15-23)21-8-4-2-5-9-21/h3,6-7,10-18,20-21,28H,2,4-5,8-9,19,30H2,1H3/t20?,28-/m0/s1. The summed E-state index contributed by atoms with van der Waals surface area (Å²) < 4.78 is 6.14. The van der Waals surface area contributed by atoms with Crippen molar-refractivity contribution in [3.05, 3.63) is 83.9 Å². The Morgan fingerprint density at radius 2 is 1.64 bits per heavy atom. The number of nitrogens with zero attached hydrogens (tertiary/aromatic N) is 1. The molecule has 1 aliphatic heterocycles. The first kappa shape index (κ1) is 21.7. The minimum atomic E-state index is -0.698. The maximum Gasteiger partial charge on any atom is 0.248 e. The molecule has 3 aromatic carbocycles. The molecular weight excluding hydrogens is 408 g/mol. The summed E-state index contributed by atoms with van der Waals surface area (Å²) in [6.07, 6.45) is 6.56. The zero-order valence-corrected chi connectivity index (χ0v) is 19.2. The number of ether oxygens (including phenoxy) is 1. The molecule has 1 aliphatic carbocycles. The van der Waals surface area contributed by atoms with Crippen LogP contribution in [-0.2, 0) is 4.79 Å². The second-order valence-electron chi connectivity index (χ2n) is 9.41. The summed E-state index contributed by atoms with van der Waals surface area (Å²) in [6.45, 7) is 2.48. The third-order valence-electron chi connectivity index (χ3n) is 7.03. The summed E-state index contributed by atoms with van der Waals surface area (Å²) in [6, 6.07) is 23.9. The van der Waals surface area contributed by atoms with Gasteiger partial charge in [0, 0.05) is 0 Å². The van der Waals surface area contributed by atoms with Crippen molar-refractivity contribution < 1.29 is 9.53 Å². The third kappa shape index (κ3) is 4.53. The molecule has 0 aromatic heterocycles. The van der Waals surface area contributed by atoms with Gasteiger partial charge in [0.2, 0.25) is 5.91 Å². The number of benzene rings is 3. The van der Waals surface area contributed by atoms with E-state index in [0.717, 1.165) is 28.1 Å². The van der Waals surface area contributed by atoms with E-state index in [1.807, 2.05) is 43.3 Å². The molecule has 1 amide bonds. The smallest absolute Gasteiger partial charge is 0.248 e. The molecule has 5 rings (SSSR count). The van der Waals surface area contributed by atoms with Gasteiger partial charge >= 0.3 is 0 Å². The highest BCUT2D eigenvalue weighted by molar-refractivity contribution is 5.99. The highest BCUT2D eigenvalue weighted by atomic mass is 16.5. The molecule has 0 radical (unpaired) electrons. The number of rotatable bonds is 4. The Balaban J connectivity index is 1.39. The molecule has 2 aliphatic rings. The molecule has 170 valence electrons. The molecule has 4 heteroatoms. The monoisotopic (exact) mass is 440 g/mol. The van der Waals surface area contributed by atoms with Crippen LogP contribution in [0.15, 0.2) is 72.8 Å². The van der Waals surface area contributed by atoms with E-state index in [2.05, 4.69) is 36.4 Å². The van der Waals surface area contributed by atoms with Gasteiger partial charge in [0.25, 0.3) is 0 Å². The molecule has 1 unspecified atom stereocenters. The van der Waals surface area contributed by atoms with Crippen molar-refractivity contribution in [1.29, 1.82) is 0 Å². The number of amides is 1. The Labute approximate surface area is 196 Å². The summed E-state index contributed by atoms with van der Waals surface area (Å²) in [4.78, 5) is 15.1. The van der Waals surface area contributed by atoms with Crippen LogP contribution >= 0.6 is 0 Å². The number of carbonyl (C=O) groups is 1. The minimum absolute atomic E-state index is 0.103. The second kappa shape index (κ2) is 9.40. The zero-order chi connectivity index (χ0) is 22.8. The average Bonchev–Trinajstić information content (AvgIpc) is 2.88. The van der Waals surface area contributed by atoms with Gasteiger partial charge in [-0.15, -0.1) is 0 Å². The first-order valence-electron chi connectivity index (χ1n) is 12.1. The zero-order valence-electron chi connectivity index (χ0n) is 19.2. The Morgan fingerprint density at radius 1 is 0.939 bits per heavy atom. The van der Waals surface area contributed by atoms with E-state index in [1.54, 1.807) is 4.90 Å². The van der Waals surface area contributed by atoms with E-state index >= 15 is 0 Å². The molecule has 0 spiro atoms. The maximum absolute atomic E-state index is 13.3. The van der Waals surface area contributed by atoms with E-state index in [4.69, 9.17) is 10.5 Å². The van der Waals surface area contributed by atoms with Gasteiger partial charge in [-0.05, 0) is 60.1 Å². The average molecular weight is 441 g/mol. The van der Waals surface area contributed by atoms with Crippen LogP contribution in [0.3, 0.4) is 0 Å².